The van der Waals surface area contributed by atoms with Crippen LogP contribution >= 0.6 is 0 Å². The van der Waals surface area contributed by atoms with Gasteiger partial charge < -0.3 is 4.74 Å². The number of hydrogen-bond acceptors (Lipinski definition) is 4. The summed E-state index contributed by atoms with van der Waals surface area (Å²) in [5.74, 6) is -0.249. The van der Waals surface area contributed by atoms with Gasteiger partial charge in [-0.25, -0.2) is 8.42 Å². The van der Waals surface area contributed by atoms with Gasteiger partial charge in [0.15, 0.2) is 15.6 Å². The van der Waals surface area contributed by atoms with Crippen LogP contribution in [0.2, 0.25) is 0 Å². The minimum atomic E-state index is -3.03. The number of hydrogen-bond donors (Lipinski definition) is 0. The van der Waals surface area contributed by atoms with Crippen LogP contribution in [0.15, 0.2) is 0 Å². The maximum atomic E-state index is 11.1. The van der Waals surface area contributed by atoms with Crippen LogP contribution < -0.4 is 0 Å². The summed E-state index contributed by atoms with van der Waals surface area (Å²) in [5, 5.41) is 0. The van der Waals surface area contributed by atoms with Gasteiger partial charge in [-0.3, -0.25) is 4.79 Å². The van der Waals surface area contributed by atoms with Gasteiger partial charge in [0.1, 0.15) is 6.10 Å². The first-order chi connectivity index (χ1) is 5.55. The minimum Gasteiger partial charge on any atom is -0.370 e. The maximum Gasteiger partial charge on any atom is 0.163 e. The van der Waals surface area contributed by atoms with E-state index in [1.54, 1.807) is 6.92 Å². The van der Waals surface area contributed by atoms with E-state index in [0.29, 0.717) is 6.61 Å². The molecule has 1 rings (SSSR count). The molecule has 0 spiro atoms. The molecule has 1 atom stereocenters. The fraction of sp³-hybridized carbons (Fsp3) is 0.857. The Hall–Kier alpha value is -0.420. The molecule has 0 amide bonds. The summed E-state index contributed by atoms with van der Waals surface area (Å²) < 4.78 is 27.1. The molecule has 1 fully saturated rings. The van der Waals surface area contributed by atoms with Gasteiger partial charge in [-0.05, 0) is 6.92 Å². The third-order valence-corrected chi connectivity index (χ3v) is 3.43. The summed E-state index contributed by atoms with van der Waals surface area (Å²) in [6, 6.07) is 0. The van der Waals surface area contributed by atoms with Crippen LogP contribution in [-0.2, 0) is 19.4 Å². The molecule has 0 bridgehead atoms. The number of ketones is 1. The third-order valence-electron chi connectivity index (χ3n) is 1.79. The second kappa shape index (κ2) is 3.53. The first kappa shape index (κ1) is 9.67. The average Bonchev–Trinajstić information content (AvgIpc) is 1.97. The van der Waals surface area contributed by atoms with Crippen molar-refractivity contribution in [2.24, 2.45) is 0 Å². The highest BCUT2D eigenvalue weighted by Crippen LogP contribution is 2.11. The van der Waals surface area contributed by atoms with Gasteiger partial charge >= 0.3 is 0 Å². The van der Waals surface area contributed by atoms with E-state index in [1.165, 1.54) is 0 Å². The van der Waals surface area contributed by atoms with Crippen LogP contribution in [0.1, 0.15) is 13.3 Å². The number of Topliss-reactive ketones (excluding diaryl/α,β-unsaturated/α-hetero) is 1. The molecule has 4 nitrogen and oxygen atoms in total. The molecule has 0 unspecified atom stereocenters. The molecule has 12 heavy (non-hydrogen) atoms. The lowest BCUT2D eigenvalue weighted by Crippen LogP contribution is -2.39. The van der Waals surface area contributed by atoms with Gasteiger partial charge in [-0.15, -0.1) is 0 Å². The van der Waals surface area contributed by atoms with Crippen LogP contribution in [0, 0.1) is 0 Å². The molecular weight excluding hydrogens is 180 g/mol. The zero-order valence-electron chi connectivity index (χ0n) is 6.95. The average molecular weight is 192 g/mol. The minimum absolute atomic E-state index is 0.0184. The molecule has 1 aliphatic rings. The van der Waals surface area contributed by atoms with Crippen molar-refractivity contribution in [2.75, 3.05) is 18.1 Å². The summed E-state index contributed by atoms with van der Waals surface area (Å²) >= 11 is 0. The molecule has 5 heteroatoms. The lowest BCUT2D eigenvalue weighted by Gasteiger charge is -2.20. The van der Waals surface area contributed by atoms with Gasteiger partial charge in [0.2, 0.25) is 0 Å². The molecular formula is C7H12O4S. The van der Waals surface area contributed by atoms with Crippen molar-refractivity contribution in [1.29, 1.82) is 0 Å². The highest BCUT2D eigenvalue weighted by atomic mass is 32.2. The number of sulfone groups is 1. The molecule has 1 aliphatic heterocycles. The predicted molar refractivity (Wildman–Crippen MR) is 43.7 cm³/mol. The van der Waals surface area contributed by atoms with Crippen molar-refractivity contribution in [3.8, 4) is 0 Å². The van der Waals surface area contributed by atoms with E-state index in [0.717, 1.165) is 0 Å². The van der Waals surface area contributed by atoms with Crippen molar-refractivity contribution in [1.82, 2.24) is 0 Å². The van der Waals surface area contributed by atoms with Crippen molar-refractivity contribution in [2.45, 2.75) is 19.4 Å². The fourth-order valence-electron chi connectivity index (χ4n) is 1.17. The molecule has 0 radical (unpaired) electrons. The molecule has 0 aromatic carbocycles. The smallest absolute Gasteiger partial charge is 0.163 e. The standard InChI is InChI=1S/C7H12O4S/c1-2-11-7-5-12(9,10)4-3-6(7)8/h7H,2-5H2,1H3/t7-/m1/s1. The largest absolute Gasteiger partial charge is 0.370 e. The molecule has 0 N–H and O–H groups in total. The first-order valence-electron chi connectivity index (χ1n) is 3.90. The normalized spacial score (nSPS) is 28.8. The summed E-state index contributed by atoms with van der Waals surface area (Å²) in [4.78, 5) is 11.1. The van der Waals surface area contributed by atoms with Gasteiger partial charge in [0.25, 0.3) is 0 Å². The van der Waals surface area contributed by atoms with Crippen LogP contribution in [0.4, 0.5) is 0 Å². The van der Waals surface area contributed by atoms with E-state index in [1.807, 2.05) is 0 Å². The van der Waals surface area contributed by atoms with E-state index in [9.17, 15) is 13.2 Å². The zero-order chi connectivity index (χ0) is 9.19. The number of ether oxygens (including phenoxy) is 1. The van der Waals surface area contributed by atoms with Gasteiger partial charge in [0.05, 0.1) is 11.5 Å². The molecule has 0 aromatic heterocycles. The van der Waals surface area contributed by atoms with E-state index < -0.39 is 15.9 Å². The quantitative estimate of drug-likeness (QED) is 0.607. The molecule has 1 saturated heterocycles. The Labute approximate surface area is 71.8 Å². The third kappa shape index (κ3) is 2.28. The highest BCUT2D eigenvalue weighted by Gasteiger charge is 2.31. The summed E-state index contributed by atoms with van der Waals surface area (Å²) in [6.07, 6.45) is -0.610. The molecule has 0 saturated carbocycles. The Morgan fingerprint density at radius 1 is 1.58 bits per heavy atom. The second-order valence-electron chi connectivity index (χ2n) is 2.77. The first-order valence-corrected chi connectivity index (χ1v) is 5.72. The maximum absolute atomic E-state index is 11.1. The highest BCUT2D eigenvalue weighted by molar-refractivity contribution is 7.91. The summed E-state index contributed by atoms with van der Waals surface area (Å²) in [5.41, 5.74) is 0. The molecule has 0 aliphatic carbocycles. The molecule has 70 valence electrons. The fourth-order valence-corrected chi connectivity index (χ4v) is 2.59. The van der Waals surface area contributed by atoms with Crippen LogP contribution in [0.3, 0.4) is 0 Å². The topological polar surface area (TPSA) is 60.4 Å². The van der Waals surface area contributed by atoms with Gasteiger partial charge in [-0.2, -0.15) is 0 Å². The zero-order valence-corrected chi connectivity index (χ0v) is 7.76. The SMILES string of the molecule is CCO[C@@H]1CS(=O)(=O)CCC1=O. The Morgan fingerprint density at radius 3 is 2.83 bits per heavy atom. The van der Waals surface area contributed by atoms with Gasteiger partial charge in [0, 0.05) is 13.0 Å². The van der Waals surface area contributed by atoms with Crippen molar-refractivity contribution >= 4 is 15.6 Å². The van der Waals surface area contributed by atoms with E-state index >= 15 is 0 Å². The number of rotatable bonds is 2. The van der Waals surface area contributed by atoms with Crippen molar-refractivity contribution in [3.05, 3.63) is 0 Å². The van der Waals surface area contributed by atoms with Crippen molar-refractivity contribution < 1.29 is 17.9 Å². The number of carbonyl (C=O) groups is 1. The monoisotopic (exact) mass is 192 g/mol. The van der Waals surface area contributed by atoms with Crippen LogP contribution in [0.5, 0.6) is 0 Å². The van der Waals surface area contributed by atoms with Crippen LogP contribution in [0.25, 0.3) is 0 Å². The van der Waals surface area contributed by atoms with E-state index in [4.69, 9.17) is 4.74 Å². The van der Waals surface area contributed by atoms with E-state index in [-0.39, 0.29) is 23.7 Å². The lowest BCUT2D eigenvalue weighted by atomic mass is 10.2. The Balaban J connectivity index is 2.66. The van der Waals surface area contributed by atoms with Crippen LogP contribution in [-0.4, -0.2) is 38.4 Å². The Morgan fingerprint density at radius 2 is 2.25 bits per heavy atom. The van der Waals surface area contributed by atoms with Gasteiger partial charge in [-0.1, -0.05) is 0 Å². The lowest BCUT2D eigenvalue weighted by molar-refractivity contribution is -0.129. The summed E-state index contributed by atoms with van der Waals surface area (Å²) in [7, 11) is -3.03. The Kier molecular flexibility index (Phi) is 2.85. The Bertz CT molecular complexity index is 267. The predicted octanol–water partition coefficient (Wildman–Crippen LogP) is -0.221. The second-order valence-corrected chi connectivity index (χ2v) is 5.00. The number of carbonyl (C=O) groups excluding carboxylic acids is 1. The molecule has 1 heterocycles. The summed E-state index contributed by atoms with van der Waals surface area (Å²) in [6.45, 7) is 2.13. The van der Waals surface area contributed by atoms with Crippen molar-refractivity contribution in [3.63, 3.8) is 0 Å². The van der Waals surface area contributed by atoms with E-state index in [2.05, 4.69) is 0 Å². The molecule has 0 aromatic rings.